The number of aromatic nitrogens is 3. The van der Waals surface area contributed by atoms with Crippen molar-refractivity contribution in [1.29, 1.82) is 0 Å². The van der Waals surface area contributed by atoms with Gasteiger partial charge in [0.25, 0.3) is 5.91 Å². The molecule has 21 heavy (non-hydrogen) atoms. The van der Waals surface area contributed by atoms with Crippen molar-refractivity contribution in [3.63, 3.8) is 0 Å². The monoisotopic (exact) mass is 286 g/mol. The molecule has 1 amide bonds. The van der Waals surface area contributed by atoms with E-state index < -0.39 is 0 Å². The molecule has 0 radical (unpaired) electrons. The third-order valence-corrected chi connectivity index (χ3v) is 3.95. The first kappa shape index (κ1) is 13.8. The SMILES string of the molecule is Cc1[nH]ncc1C(=O)N(C)[C@H]1CCO[C@@H]1c1cccnc1. The van der Waals surface area contributed by atoms with E-state index in [0.29, 0.717) is 12.2 Å². The number of hydrogen-bond acceptors (Lipinski definition) is 4. The van der Waals surface area contributed by atoms with E-state index in [-0.39, 0.29) is 18.1 Å². The van der Waals surface area contributed by atoms with Crippen LogP contribution in [0.15, 0.2) is 30.7 Å². The van der Waals surface area contributed by atoms with Crippen LogP contribution in [0.5, 0.6) is 0 Å². The quantitative estimate of drug-likeness (QED) is 0.932. The zero-order chi connectivity index (χ0) is 14.8. The molecule has 3 rings (SSSR count). The highest BCUT2D eigenvalue weighted by Gasteiger charge is 2.35. The standard InChI is InChI=1S/C15H18N4O2/c1-10-12(9-17-18-10)15(20)19(2)13-5-7-21-14(13)11-4-3-6-16-8-11/h3-4,6,8-9,13-14H,5,7H2,1-2H3,(H,17,18)/t13-,14+/m0/s1. The molecule has 110 valence electrons. The summed E-state index contributed by atoms with van der Waals surface area (Å²) in [5.41, 5.74) is 2.39. The smallest absolute Gasteiger partial charge is 0.257 e. The van der Waals surface area contributed by atoms with Crippen LogP contribution in [0.3, 0.4) is 0 Å². The van der Waals surface area contributed by atoms with E-state index in [1.165, 1.54) is 0 Å². The van der Waals surface area contributed by atoms with E-state index in [2.05, 4.69) is 15.2 Å². The summed E-state index contributed by atoms with van der Waals surface area (Å²) in [6.45, 7) is 2.49. The van der Waals surface area contributed by atoms with Gasteiger partial charge >= 0.3 is 0 Å². The highest BCUT2D eigenvalue weighted by Crippen LogP contribution is 2.32. The Morgan fingerprint density at radius 2 is 2.33 bits per heavy atom. The molecule has 1 N–H and O–H groups in total. The first-order valence-electron chi connectivity index (χ1n) is 6.97. The Balaban J connectivity index is 1.82. The van der Waals surface area contributed by atoms with Gasteiger partial charge in [0.15, 0.2) is 0 Å². The molecule has 6 heteroatoms. The van der Waals surface area contributed by atoms with Gasteiger partial charge in [-0.15, -0.1) is 0 Å². The van der Waals surface area contributed by atoms with Gasteiger partial charge in [-0.25, -0.2) is 0 Å². The predicted molar refractivity (Wildman–Crippen MR) is 76.8 cm³/mol. The maximum atomic E-state index is 12.6. The molecule has 1 fully saturated rings. The molecule has 0 bridgehead atoms. The molecular weight excluding hydrogens is 268 g/mol. The van der Waals surface area contributed by atoms with Crippen LogP contribution in [0, 0.1) is 6.92 Å². The van der Waals surface area contributed by atoms with Gasteiger partial charge < -0.3 is 9.64 Å². The molecule has 1 aliphatic rings. The molecule has 0 saturated carbocycles. The first-order chi connectivity index (χ1) is 10.2. The largest absolute Gasteiger partial charge is 0.371 e. The number of nitrogens with zero attached hydrogens (tertiary/aromatic N) is 3. The number of aryl methyl sites for hydroxylation is 1. The van der Waals surface area contributed by atoms with Gasteiger partial charge in [0.1, 0.15) is 6.10 Å². The average Bonchev–Trinajstić information content (AvgIpc) is 3.15. The van der Waals surface area contributed by atoms with E-state index in [0.717, 1.165) is 17.7 Å². The fourth-order valence-corrected chi connectivity index (χ4v) is 2.74. The van der Waals surface area contributed by atoms with E-state index in [1.807, 2.05) is 26.1 Å². The van der Waals surface area contributed by atoms with Crippen molar-refractivity contribution >= 4 is 5.91 Å². The number of carbonyl (C=O) groups excluding carboxylic acids is 1. The molecule has 0 aromatic carbocycles. The fraction of sp³-hybridized carbons (Fsp3) is 0.400. The lowest BCUT2D eigenvalue weighted by Crippen LogP contribution is -2.39. The van der Waals surface area contributed by atoms with Crippen LogP contribution in [0.25, 0.3) is 0 Å². The lowest BCUT2D eigenvalue weighted by molar-refractivity contribution is 0.0514. The highest BCUT2D eigenvalue weighted by atomic mass is 16.5. The van der Waals surface area contributed by atoms with Crippen molar-refractivity contribution in [1.82, 2.24) is 20.1 Å². The number of pyridine rings is 1. The Labute approximate surface area is 123 Å². The number of rotatable bonds is 3. The van der Waals surface area contributed by atoms with E-state index in [4.69, 9.17) is 4.74 Å². The summed E-state index contributed by atoms with van der Waals surface area (Å²) in [6.07, 6.45) is 5.79. The zero-order valence-corrected chi connectivity index (χ0v) is 12.1. The van der Waals surface area contributed by atoms with Gasteiger partial charge in [-0.05, 0) is 19.4 Å². The van der Waals surface area contributed by atoms with Gasteiger partial charge in [-0.3, -0.25) is 14.9 Å². The summed E-state index contributed by atoms with van der Waals surface area (Å²) >= 11 is 0. The summed E-state index contributed by atoms with van der Waals surface area (Å²) in [6, 6.07) is 3.88. The number of nitrogens with one attached hydrogen (secondary N) is 1. The van der Waals surface area contributed by atoms with E-state index >= 15 is 0 Å². The molecule has 0 unspecified atom stereocenters. The second-order valence-electron chi connectivity index (χ2n) is 5.26. The zero-order valence-electron chi connectivity index (χ0n) is 12.1. The molecule has 3 heterocycles. The number of H-pyrrole nitrogens is 1. The Kier molecular flexibility index (Phi) is 3.70. The number of aromatic amines is 1. The van der Waals surface area contributed by atoms with Gasteiger partial charge in [0.05, 0.1) is 17.8 Å². The summed E-state index contributed by atoms with van der Waals surface area (Å²) in [7, 11) is 1.82. The highest BCUT2D eigenvalue weighted by molar-refractivity contribution is 5.95. The van der Waals surface area contributed by atoms with Gasteiger partial charge in [0, 0.05) is 37.3 Å². The summed E-state index contributed by atoms with van der Waals surface area (Å²) in [4.78, 5) is 18.5. The third-order valence-electron chi connectivity index (χ3n) is 3.95. The van der Waals surface area contributed by atoms with Crippen molar-refractivity contribution in [3.05, 3.63) is 47.5 Å². The maximum absolute atomic E-state index is 12.6. The van der Waals surface area contributed by atoms with Crippen LogP contribution >= 0.6 is 0 Å². The van der Waals surface area contributed by atoms with Crippen molar-refractivity contribution < 1.29 is 9.53 Å². The van der Waals surface area contributed by atoms with Gasteiger partial charge in [-0.1, -0.05) is 6.07 Å². The van der Waals surface area contributed by atoms with Crippen LogP contribution in [0.2, 0.25) is 0 Å². The van der Waals surface area contributed by atoms with Crippen molar-refractivity contribution in [2.24, 2.45) is 0 Å². The minimum atomic E-state index is -0.125. The van der Waals surface area contributed by atoms with Crippen LogP contribution in [0.4, 0.5) is 0 Å². The summed E-state index contributed by atoms with van der Waals surface area (Å²) in [5, 5.41) is 6.71. The van der Waals surface area contributed by atoms with Gasteiger partial charge in [-0.2, -0.15) is 5.10 Å². The van der Waals surface area contributed by atoms with Crippen LogP contribution in [-0.4, -0.2) is 45.7 Å². The number of amides is 1. The molecule has 2 aromatic heterocycles. The molecule has 0 spiro atoms. The van der Waals surface area contributed by atoms with E-state index in [9.17, 15) is 4.79 Å². The molecule has 0 aliphatic carbocycles. The number of ether oxygens (including phenoxy) is 1. The van der Waals surface area contributed by atoms with Crippen molar-refractivity contribution in [3.8, 4) is 0 Å². The lowest BCUT2D eigenvalue weighted by atomic mass is 10.0. The predicted octanol–water partition coefficient (Wildman–Crippen LogP) is 1.72. The second-order valence-corrected chi connectivity index (χ2v) is 5.26. The number of hydrogen-bond donors (Lipinski definition) is 1. The van der Waals surface area contributed by atoms with E-state index in [1.54, 1.807) is 23.5 Å². The minimum Gasteiger partial charge on any atom is -0.371 e. The second kappa shape index (κ2) is 5.65. The molecule has 2 atom stereocenters. The number of carbonyl (C=O) groups is 1. The maximum Gasteiger partial charge on any atom is 0.257 e. The Hall–Kier alpha value is -2.21. The Morgan fingerprint density at radius 1 is 1.48 bits per heavy atom. The molecule has 1 aliphatic heterocycles. The minimum absolute atomic E-state index is 0.0102. The van der Waals surface area contributed by atoms with Crippen LogP contribution < -0.4 is 0 Å². The topological polar surface area (TPSA) is 71.1 Å². The normalized spacial score (nSPS) is 21.4. The summed E-state index contributed by atoms with van der Waals surface area (Å²) < 4.78 is 5.81. The van der Waals surface area contributed by atoms with Crippen molar-refractivity contribution in [2.75, 3.05) is 13.7 Å². The lowest BCUT2D eigenvalue weighted by Gasteiger charge is -2.28. The third kappa shape index (κ3) is 2.54. The fourth-order valence-electron chi connectivity index (χ4n) is 2.74. The molecule has 2 aromatic rings. The van der Waals surface area contributed by atoms with Crippen molar-refractivity contribution in [2.45, 2.75) is 25.5 Å². The Morgan fingerprint density at radius 3 is 3.00 bits per heavy atom. The van der Waals surface area contributed by atoms with Crippen LogP contribution in [-0.2, 0) is 4.74 Å². The molecular formula is C15H18N4O2. The first-order valence-corrected chi connectivity index (χ1v) is 6.97. The Bertz CT molecular complexity index is 626. The molecule has 6 nitrogen and oxygen atoms in total. The summed E-state index contributed by atoms with van der Waals surface area (Å²) in [5.74, 6) is -0.0364. The van der Waals surface area contributed by atoms with Gasteiger partial charge in [0.2, 0.25) is 0 Å². The van der Waals surface area contributed by atoms with Crippen LogP contribution in [0.1, 0.15) is 34.1 Å². The average molecular weight is 286 g/mol. The molecule has 1 saturated heterocycles. The number of likely N-dealkylation sites (N-methyl/N-ethyl adjacent to an activating group) is 1.